The molecule has 1 aliphatic carbocycles. The van der Waals surface area contributed by atoms with Crippen LogP contribution in [0.2, 0.25) is 0 Å². The quantitative estimate of drug-likeness (QED) is 0.721. The number of nitrogens with one attached hydrogen (secondary N) is 2. The minimum absolute atomic E-state index is 0.153. The molecule has 0 bridgehead atoms. The summed E-state index contributed by atoms with van der Waals surface area (Å²) in [5.41, 5.74) is 4.05. The molecule has 0 amide bonds. The molecule has 1 aromatic carbocycles. The van der Waals surface area contributed by atoms with Gasteiger partial charge in [-0.3, -0.25) is 0 Å². The van der Waals surface area contributed by atoms with Gasteiger partial charge < -0.3 is 15.7 Å². The summed E-state index contributed by atoms with van der Waals surface area (Å²) in [5.74, 6) is 0.558. The van der Waals surface area contributed by atoms with E-state index in [9.17, 15) is 5.11 Å². The van der Waals surface area contributed by atoms with Crippen molar-refractivity contribution in [2.24, 2.45) is 5.92 Å². The molecule has 3 nitrogen and oxygen atoms in total. The topological polar surface area (TPSA) is 44.3 Å². The second-order valence-electron chi connectivity index (χ2n) is 5.16. The van der Waals surface area contributed by atoms with Crippen LogP contribution in [0.4, 0.5) is 5.69 Å². The third kappa shape index (κ3) is 2.45. The standard InChI is InChI=1S/C14H20N2O/c17-13(10-4-5-10)9-15-8-12-3-1-2-11-6-7-16-14(11)12/h1-3,10,13,15-17H,4-9H2. The third-order valence-electron chi connectivity index (χ3n) is 3.77. The Bertz CT molecular complexity index is 401. The molecule has 3 heteroatoms. The van der Waals surface area contributed by atoms with Crippen molar-refractivity contribution in [3.05, 3.63) is 29.3 Å². The first-order valence-corrected chi connectivity index (χ1v) is 6.58. The average Bonchev–Trinajstić information content (AvgIpc) is 3.07. The van der Waals surface area contributed by atoms with E-state index in [1.165, 1.54) is 29.7 Å². The van der Waals surface area contributed by atoms with Gasteiger partial charge in [-0.15, -0.1) is 0 Å². The Morgan fingerprint density at radius 3 is 3.12 bits per heavy atom. The van der Waals surface area contributed by atoms with Crippen molar-refractivity contribution in [3.63, 3.8) is 0 Å². The van der Waals surface area contributed by atoms with Crippen molar-refractivity contribution in [3.8, 4) is 0 Å². The molecule has 92 valence electrons. The zero-order valence-electron chi connectivity index (χ0n) is 10.1. The van der Waals surface area contributed by atoms with E-state index in [0.29, 0.717) is 12.5 Å². The number of anilines is 1. The molecular weight excluding hydrogens is 212 g/mol. The number of rotatable bonds is 5. The van der Waals surface area contributed by atoms with Crippen LogP contribution in [0.1, 0.15) is 24.0 Å². The van der Waals surface area contributed by atoms with Crippen LogP contribution in [0.5, 0.6) is 0 Å². The van der Waals surface area contributed by atoms with E-state index in [0.717, 1.165) is 19.5 Å². The number of benzene rings is 1. The zero-order valence-corrected chi connectivity index (χ0v) is 10.1. The van der Waals surface area contributed by atoms with Crippen molar-refractivity contribution in [1.82, 2.24) is 5.32 Å². The van der Waals surface area contributed by atoms with E-state index < -0.39 is 0 Å². The van der Waals surface area contributed by atoms with Gasteiger partial charge in [-0.2, -0.15) is 0 Å². The Kier molecular flexibility index (Phi) is 3.04. The van der Waals surface area contributed by atoms with Crippen LogP contribution >= 0.6 is 0 Å². The number of aliphatic hydroxyl groups excluding tert-OH is 1. The summed E-state index contributed by atoms with van der Waals surface area (Å²) in [6.07, 6.45) is 3.38. The molecular formula is C14H20N2O. The summed E-state index contributed by atoms with van der Waals surface area (Å²) < 4.78 is 0. The smallest absolute Gasteiger partial charge is 0.0692 e. The molecule has 1 unspecified atom stereocenters. The molecule has 1 fully saturated rings. The maximum absolute atomic E-state index is 9.78. The molecule has 17 heavy (non-hydrogen) atoms. The van der Waals surface area contributed by atoms with E-state index in [1.807, 2.05) is 0 Å². The van der Waals surface area contributed by atoms with Crippen LogP contribution in [0.15, 0.2) is 18.2 Å². The molecule has 1 aliphatic heterocycles. The van der Waals surface area contributed by atoms with Crippen LogP contribution in [-0.2, 0) is 13.0 Å². The monoisotopic (exact) mass is 232 g/mol. The molecule has 1 heterocycles. The third-order valence-corrected chi connectivity index (χ3v) is 3.77. The second-order valence-corrected chi connectivity index (χ2v) is 5.16. The fraction of sp³-hybridized carbons (Fsp3) is 0.571. The highest BCUT2D eigenvalue weighted by Gasteiger charge is 2.29. The van der Waals surface area contributed by atoms with Gasteiger partial charge in [-0.1, -0.05) is 18.2 Å². The van der Waals surface area contributed by atoms with Gasteiger partial charge in [0.1, 0.15) is 0 Å². The summed E-state index contributed by atoms with van der Waals surface area (Å²) in [7, 11) is 0. The van der Waals surface area contributed by atoms with Crippen molar-refractivity contribution >= 4 is 5.69 Å². The van der Waals surface area contributed by atoms with Gasteiger partial charge in [-0.25, -0.2) is 0 Å². The van der Waals surface area contributed by atoms with Gasteiger partial charge in [-0.05, 0) is 36.3 Å². The molecule has 0 aromatic heterocycles. The summed E-state index contributed by atoms with van der Waals surface area (Å²) in [6.45, 7) is 2.62. The highest BCUT2D eigenvalue weighted by atomic mass is 16.3. The molecule has 2 aliphatic rings. The highest BCUT2D eigenvalue weighted by molar-refractivity contribution is 5.61. The SMILES string of the molecule is OC(CNCc1cccc2c1NCC2)C1CC1. The van der Waals surface area contributed by atoms with Crippen molar-refractivity contribution in [2.75, 3.05) is 18.4 Å². The first-order chi connectivity index (χ1) is 8.34. The highest BCUT2D eigenvalue weighted by Crippen LogP contribution is 2.32. The average molecular weight is 232 g/mol. The summed E-state index contributed by atoms with van der Waals surface area (Å²) in [6, 6.07) is 6.48. The van der Waals surface area contributed by atoms with Gasteiger partial charge >= 0.3 is 0 Å². The molecule has 1 aromatic rings. The van der Waals surface area contributed by atoms with Gasteiger partial charge in [0, 0.05) is 25.3 Å². The normalized spacial score (nSPS) is 19.8. The number of hydrogen-bond donors (Lipinski definition) is 3. The number of aliphatic hydroxyl groups is 1. The largest absolute Gasteiger partial charge is 0.392 e. The lowest BCUT2D eigenvalue weighted by Gasteiger charge is -2.13. The summed E-state index contributed by atoms with van der Waals surface area (Å²) in [4.78, 5) is 0. The van der Waals surface area contributed by atoms with E-state index in [2.05, 4.69) is 28.8 Å². The maximum Gasteiger partial charge on any atom is 0.0692 e. The van der Waals surface area contributed by atoms with Gasteiger partial charge in [0.05, 0.1) is 6.10 Å². The number of hydrogen-bond acceptors (Lipinski definition) is 3. The minimum Gasteiger partial charge on any atom is -0.392 e. The molecule has 3 N–H and O–H groups in total. The second kappa shape index (κ2) is 4.67. The van der Waals surface area contributed by atoms with Gasteiger partial charge in [0.25, 0.3) is 0 Å². The Morgan fingerprint density at radius 2 is 2.29 bits per heavy atom. The molecule has 1 saturated carbocycles. The lowest BCUT2D eigenvalue weighted by molar-refractivity contribution is 0.148. The Morgan fingerprint density at radius 1 is 1.41 bits per heavy atom. The summed E-state index contributed by atoms with van der Waals surface area (Å²) >= 11 is 0. The van der Waals surface area contributed by atoms with Crippen LogP contribution in [0.25, 0.3) is 0 Å². The predicted octanol–water partition coefficient (Wildman–Crippen LogP) is 1.52. The zero-order chi connectivity index (χ0) is 11.7. The maximum atomic E-state index is 9.78. The first kappa shape index (κ1) is 11.1. The molecule has 0 radical (unpaired) electrons. The van der Waals surface area contributed by atoms with Crippen LogP contribution in [0, 0.1) is 5.92 Å². The lowest BCUT2D eigenvalue weighted by Crippen LogP contribution is -2.28. The van der Waals surface area contributed by atoms with Crippen LogP contribution < -0.4 is 10.6 Å². The summed E-state index contributed by atoms with van der Waals surface area (Å²) in [5, 5.41) is 16.6. The Balaban J connectivity index is 1.56. The number of para-hydroxylation sites is 1. The van der Waals surface area contributed by atoms with E-state index in [1.54, 1.807) is 0 Å². The molecule has 1 atom stereocenters. The number of fused-ring (bicyclic) bond motifs is 1. The van der Waals surface area contributed by atoms with E-state index in [-0.39, 0.29) is 6.10 Å². The Hall–Kier alpha value is -1.06. The fourth-order valence-electron chi connectivity index (χ4n) is 2.56. The van der Waals surface area contributed by atoms with Crippen LogP contribution in [0.3, 0.4) is 0 Å². The van der Waals surface area contributed by atoms with E-state index >= 15 is 0 Å². The van der Waals surface area contributed by atoms with Crippen molar-refractivity contribution in [1.29, 1.82) is 0 Å². The Labute approximate surface area is 102 Å². The molecule has 3 rings (SSSR count). The minimum atomic E-state index is -0.153. The lowest BCUT2D eigenvalue weighted by atomic mass is 10.1. The van der Waals surface area contributed by atoms with Crippen molar-refractivity contribution in [2.45, 2.75) is 31.9 Å². The van der Waals surface area contributed by atoms with Gasteiger partial charge in [0.2, 0.25) is 0 Å². The predicted molar refractivity (Wildman–Crippen MR) is 69.1 cm³/mol. The fourth-order valence-corrected chi connectivity index (χ4v) is 2.56. The van der Waals surface area contributed by atoms with Crippen LogP contribution in [-0.4, -0.2) is 24.3 Å². The van der Waals surface area contributed by atoms with E-state index in [4.69, 9.17) is 0 Å². The molecule has 0 spiro atoms. The first-order valence-electron chi connectivity index (χ1n) is 6.58. The molecule has 0 saturated heterocycles. The van der Waals surface area contributed by atoms with Crippen molar-refractivity contribution < 1.29 is 5.11 Å². The van der Waals surface area contributed by atoms with Gasteiger partial charge in [0.15, 0.2) is 0 Å².